The van der Waals surface area contributed by atoms with Crippen LogP contribution in [0.25, 0.3) is 0 Å². The molecule has 1 aromatic rings. The Labute approximate surface area is 169 Å². The summed E-state index contributed by atoms with van der Waals surface area (Å²) in [6.07, 6.45) is 8.53. The Morgan fingerprint density at radius 1 is 1.11 bits per heavy atom. The van der Waals surface area contributed by atoms with Crippen molar-refractivity contribution in [1.82, 2.24) is 15.5 Å². The van der Waals surface area contributed by atoms with E-state index >= 15 is 0 Å². The van der Waals surface area contributed by atoms with Crippen LogP contribution in [-0.4, -0.2) is 67.9 Å². The summed E-state index contributed by atoms with van der Waals surface area (Å²) in [5, 5.41) is 16.4. The summed E-state index contributed by atoms with van der Waals surface area (Å²) in [7, 11) is 1.84. The minimum absolute atomic E-state index is 0.242. The third-order valence-electron chi connectivity index (χ3n) is 6.15. The summed E-state index contributed by atoms with van der Waals surface area (Å²) in [5.74, 6) is 1.22. The number of morpholine rings is 1. The molecular weight excluding hydrogens is 352 g/mol. The van der Waals surface area contributed by atoms with Crippen molar-refractivity contribution in [2.75, 3.05) is 46.4 Å². The largest absolute Gasteiger partial charge is 0.508 e. The number of ether oxygens (including phenoxy) is 1. The van der Waals surface area contributed by atoms with E-state index < -0.39 is 0 Å². The molecule has 0 spiro atoms. The molecule has 2 fully saturated rings. The van der Waals surface area contributed by atoms with Crippen molar-refractivity contribution >= 4 is 5.96 Å². The van der Waals surface area contributed by atoms with Gasteiger partial charge in [-0.05, 0) is 43.4 Å². The number of phenolic OH excluding ortho intramolecular Hbond substituents is 1. The van der Waals surface area contributed by atoms with Crippen LogP contribution in [0.2, 0.25) is 0 Å². The summed E-state index contributed by atoms with van der Waals surface area (Å²) in [6, 6.07) is 7.46. The van der Waals surface area contributed by atoms with Crippen LogP contribution in [0.5, 0.6) is 5.75 Å². The predicted molar refractivity (Wildman–Crippen MR) is 114 cm³/mol. The van der Waals surface area contributed by atoms with Crippen molar-refractivity contribution in [1.29, 1.82) is 0 Å². The van der Waals surface area contributed by atoms with Gasteiger partial charge in [0.25, 0.3) is 0 Å². The molecule has 3 rings (SSSR count). The first-order chi connectivity index (χ1) is 13.7. The second-order valence-corrected chi connectivity index (χ2v) is 8.01. The van der Waals surface area contributed by atoms with Crippen LogP contribution in [0.3, 0.4) is 0 Å². The minimum Gasteiger partial charge on any atom is -0.508 e. The Kier molecular flexibility index (Phi) is 7.98. The number of nitrogens with one attached hydrogen (secondary N) is 2. The number of phenols is 1. The number of hydrogen-bond donors (Lipinski definition) is 3. The van der Waals surface area contributed by atoms with E-state index in [1.807, 2.05) is 19.2 Å². The molecule has 3 N–H and O–H groups in total. The first-order valence-corrected chi connectivity index (χ1v) is 10.8. The number of aliphatic imine (C=N–C) groups is 1. The summed E-state index contributed by atoms with van der Waals surface area (Å²) in [6.45, 7) is 5.62. The molecule has 1 aliphatic carbocycles. The second kappa shape index (κ2) is 10.7. The molecule has 6 heteroatoms. The molecule has 0 unspecified atom stereocenters. The van der Waals surface area contributed by atoms with Gasteiger partial charge in [0, 0.05) is 38.8 Å². The third kappa shape index (κ3) is 5.85. The zero-order chi connectivity index (χ0) is 19.7. The van der Waals surface area contributed by atoms with E-state index in [-0.39, 0.29) is 5.54 Å². The molecule has 1 saturated heterocycles. The Morgan fingerprint density at radius 3 is 2.50 bits per heavy atom. The van der Waals surface area contributed by atoms with E-state index in [0.29, 0.717) is 5.75 Å². The smallest absolute Gasteiger partial charge is 0.191 e. The highest BCUT2D eigenvalue weighted by Gasteiger charge is 2.38. The summed E-state index contributed by atoms with van der Waals surface area (Å²) in [4.78, 5) is 7.08. The van der Waals surface area contributed by atoms with Crippen LogP contribution >= 0.6 is 0 Å². The fraction of sp³-hybridized carbons (Fsp3) is 0.682. The van der Waals surface area contributed by atoms with Crippen LogP contribution in [0.1, 0.15) is 44.1 Å². The number of aromatic hydroxyl groups is 1. The highest BCUT2D eigenvalue weighted by atomic mass is 16.5. The lowest BCUT2D eigenvalue weighted by molar-refractivity contribution is -0.0352. The van der Waals surface area contributed by atoms with Crippen LogP contribution in [0.4, 0.5) is 0 Å². The Bertz CT molecular complexity index is 605. The molecule has 1 saturated carbocycles. The molecule has 0 atom stereocenters. The predicted octanol–water partition coefficient (Wildman–Crippen LogP) is 2.52. The molecule has 0 amide bonds. The van der Waals surface area contributed by atoms with E-state index in [1.54, 1.807) is 12.1 Å². The van der Waals surface area contributed by atoms with Crippen LogP contribution in [0.15, 0.2) is 29.3 Å². The topological polar surface area (TPSA) is 69.1 Å². The van der Waals surface area contributed by atoms with Crippen molar-refractivity contribution in [2.24, 2.45) is 4.99 Å². The molecule has 0 aromatic heterocycles. The highest BCUT2D eigenvalue weighted by Crippen LogP contribution is 2.33. The maximum atomic E-state index is 9.37. The average Bonchev–Trinajstić information content (AvgIpc) is 2.76. The summed E-state index contributed by atoms with van der Waals surface area (Å²) < 4.78 is 5.58. The maximum Gasteiger partial charge on any atom is 0.191 e. The standard InChI is InChI=1S/C22H36N4O2/c1-23-21(24-13-5-6-19-7-9-20(27)10-8-19)25-18-22(11-3-2-4-12-22)26-14-16-28-17-15-26/h7-10,27H,2-6,11-18H2,1H3,(H2,23,24,25). The quantitative estimate of drug-likeness (QED) is 0.380. The first-order valence-electron chi connectivity index (χ1n) is 10.8. The van der Waals surface area contributed by atoms with Gasteiger partial charge < -0.3 is 20.5 Å². The van der Waals surface area contributed by atoms with Crippen LogP contribution < -0.4 is 10.6 Å². The van der Waals surface area contributed by atoms with Crippen LogP contribution in [-0.2, 0) is 11.2 Å². The van der Waals surface area contributed by atoms with Gasteiger partial charge in [0.1, 0.15) is 5.75 Å². The van der Waals surface area contributed by atoms with Gasteiger partial charge in [0.15, 0.2) is 5.96 Å². The number of benzene rings is 1. The van der Waals surface area contributed by atoms with Crippen molar-refractivity contribution in [2.45, 2.75) is 50.5 Å². The average molecular weight is 389 g/mol. The van der Waals surface area contributed by atoms with Gasteiger partial charge in [-0.15, -0.1) is 0 Å². The van der Waals surface area contributed by atoms with Crippen LogP contribution in [0, 0.1) is 0 Å². The first kappa shape index (κ1) is 20.9. The van der Waals surface area contributed by atoms with Crippen molar-refractivity contribution in [3.8, 4) is 5.75 Å². The number of hydrogen-bond acceptors (Lipinski definition) is 4. The molecule has 1 aromatic carbocycles. The molecule has 1 aliphatic heterocycles. The molecule has 28 heavy (non-hydrogen) atoms. The molecule has 6 nitrogen and oxygen atoms in total. The van der Waals surface area contributed by atoms with Crippen molar-refractivity contribution in [3.05, 3.63) is 29.8 Å². The normalized spacial score (nSPS) is 20.7. The van der Waals surface area contributed by atoms with Gasteiger partial charge in [-0.25, -0.2) is 0 Å². The minimum atomic E-state index is 0.242. The van der Waals surface area contributed by atoms with Gasteiger partial charge in [-0.1, -0.05) is 31.4 Å². The van der Waals surface area contributed by atoms with E-state index in [1.165, 1.54) is 37.7 Å². The fourth-order valence-electron chi connectivity index (χ4n) is 4.48. The van der Waals surface area contributed by atoms with Gasteiger partial charge in [-0.2, -0.15) is 0 Å². The molecule has 1 heterocycles. The van der Waals surface area contributed by atoms with Gasteiger partial charge in [0.05, 0.1) is 13.2 Å². The lowest BCUT2D eigenvalue weighted by Crippen LogP contribution is -2.60. The molecule has 156 valence electrons. The van der Waals surface area contributed by atoms with Gasteiger partial charge in [0.2, 0.25) is 0 Å². The Balaban J connectivity index is 1.45. The fourth-order valence-corrected chi connectivity index (χ4v) is 4.48. The Morgan fingerprint density at radius 2 is 1.82 bits per heavy atom. The van der Waals surface area contributed by atoms with E-state index in [9.17, 15) is 5.11 Å². The summed E-state index contributed by atoms with van der Waals surface area (Å²) in [5.41, 5.74) is 1.49. The molecule has 0 radical (unpaired) electrons. The third-order valence-corrected chi connectivity index (χ3v) is 6.15. The number of guanidine groups is 1. The number of aryl methyl sites for hydroxylation is 1. The lowest BCUT2D eigenvalue weighted by Gasteiger charge is -2.48. The second-order valence-electron chi connectivity index (χ2n) is 8.01. The Hall–Kier alpha value is -1.79. The zero-order valence-corrected chi connectivity index (χ0v) is 17.3. The van der Waals surface area contributed by atoms with E-state index in [4.69, 9.17) is 4.74 Å². The highest BCUT2D eigenvalue weighted by molar-refractivity contribution is 5.79. The number of nitrogens with zero attached hydrogens (tertiary/aromatic N) is 2. The van der Waals surface area contributed by atoms with Crippen molar-refractivity contribution in [3.63, 3.8) is 0 Å². The molecular formula is C22H36N4O2. The lowest BCUT2D eigenvalue weighted by atomic mass is 9.80. The molecule has 2 aliphatic rings. The van der Waals surface area contributed by atoms with E-state index in [0.717, 1.165) is 58.2 Å². The molecule has 0 bridgehead atoms. The van der Waals surface area contributed by atoms with Gasteiger partial charge in [-0.3, -0.25) is 9.89 Å². The van der Waals surface area contributed by atoms with Gasteiger partial charge >= 0.3 is 0 Å². The number of rotatable bonds is 7. The monoisotopic (exact) mass is 388 g/mol. The summed E-state index contributed by atoms with van der Waals surface area (Å²) >= 11 is 0. The maximum absolute atomic E-state index is 9.37. The van der Waals surface area contributed by atoms with Crippen molar-refractivity contribution < 1.29 is 9.84 Å². The van der Waals surface area contributed by atoms with E-state index in [2.05, 4.69) is 20.5 Å². The SMILES string of the molecule is CN=C(NCCCc1ccc(O)cc1)NCC1(N2CCOCC2)CCCCC1. The zero-order valence-electron chi connectivity index (χ0n) is 17.3.